The van der Waals surface area contributed by atoms with Gasteiger partial charge < -0.3 is 28.9 Å². The van der Waals surface area contributed by atoms with Gasteiger partial charge in [-0.05, 0) is 48.0 Å². The van der Waals surface area contributed by atoms with Crippen molar-refractivity contribution in [3.63, 3.8) is 0 Å². The normalized spacial score (nSPS) is 14.2. The van der Waals surface area contributed by atoms with Crippen LogP contribution in [0.5, 0.6) is 0 Å². The van der Waals surface area contributed by atoms with Crippen LogP contribution in [0.2, 0.25) is 0 Å². The molecular formula is C26H20IN3S2. The number of nitrogens with zero attached hydrogens (tertiary/aromatic N) is 3. The van der Waals surface area contributed by atoms with Crippen molar-refractivity contribution < 1.29 is 28.5 Å². The predicted molar refractivity (Wildman–Crippen MR) is 132 cm³/mol. The van der Waals surface area contributed by atoms with Gasteiger partial charge in [-0.1, -0.05) is 36.0 Å². The van der Waals surface area contributed by atoms with E-state index in [1.807, 2.05) is 17.8 Å². The van der Waals surface area contributed by atoms with Crippen LogP contribution in [0.3, 0.4) is 0 Å². The SMILES string of the molecule is CN1/C(=C/c2cc[n+](C)c3ccccc23)Sc2cc(-c3nc4ccccc4s3)ccc21.[I-]. The summed E-state index contributed by atoms with van der Waals surface area (Å²) in [6.07, 6.45) is 4.43. The number of halogens is 1. The Morgan fingerprint density at radius 3 is 2.66 bits per heavy atom. The van der Waals surface area contributed by atoms with E-state index in [0.717, 1.165) is 10.5 Å². The van der Waals surface area contributed by atoms with E-state index in [1.165, 1.54) is 42.3 Å². The Bertz CT molecular complexity index is 1470. The van der Waals surface area contributed by atoms with Gasteiger partial charge >= 0.3 is 0 Å². The average Bonchev–Trinajstić information content (AvgIpc) is 3.37. The van der Waals surface area contributed by atoms with Crippen molar-refractivity contribution in [2.75, 3.05) is 11.9 Å². The van der Waals surface area contributed by atoms with Gasteiger partial charge in [-0.2, -0.15) is 0 Å². The van der Waals surface area contributed by atoms with Gasteiger partial charge in [0.2, 0.25) is 5.52 Å². The van der Waals surface area contributed by atoms with Crippen molar-refractivity contribution in [3.05, 3.63) is 89.6 Å². The standard InChI is InChI=1S/C26H20N3S2.HI/c1-28-14-13-17(19-7-3-5-9-21(19)28)16-25-29(2)22-12-11-18(15-24(22)30-25)26-27-20-8-4-6-10-23(20)31-26;/h3-16H,1-2H3;1H/q+1;/p-1. The molecule has 5 aromatic rings. The third kappa shape index (κ3) is 3.60. The molecule has 0 radical (unpaired) electrons. The Labute approximate surface area is 212 Å². The van der Waals surface area contributed by atoms with Gasteiger partial charge in [-0.3, -0.25) is 0 Å². The lowest BCUT2D eigenvalue weighted by Gasteiger charge is -2.14. The molecule has 0 saturated heterocycles. The first-order valence-electron chi connectivity index (χ1n) is 10.2. The Morgan fingerprint density at radius 2 is 1.78 bits per heavy atom. The maximum absolute atomic E-state index is 4.84. The number of para-hydroxylation sites is 2. The molecular weight excluding hydrogens is 545 g/mol. The van der Waals surface area contributed by atoms with Crippen molar-refractivity contribution in [2.24, 2.45) is 7.05 Å². The monoisotopic (exact) mass is 565 g/mol. The van der Waals surface area contributed by atoms with Gasteiger partial charge in [-0.15, -0.1) is 11.3 Å². The Hall–Kier alpha value is -2.42. The summed E-state index contributed by atoms with van der Waals surface area (Å²) in [5, 5.41) is 3.57. The van der Waals surface area contributed by atoms with E-state index < -0.39 is 0 Å². The zero-order valence-electron chi connectivity index (χ0n) is 17.6. The fourth-order valence-electron chi connectivity index (χ4n) is 4.07. The molecule has 0 aliphatic carbocycles. The van der Waals surface area contributed by atoms with Gasteiger partial charge in [0.1, 0.15) is 12.1 Å². The third-order valence-electron chi connectivity index (χ3n) is 5.76. The number of thioether (sulfide) groups is 1. The lowest BCUT2D eigenvalue weighted by molar-refractivity contribution is -0.644. The zero-order chi connectivity index (χ0) is 20.9. The molecule has 0 amide bonds. The van der Waals surface area contributed by atoms with Gasteiger partial charge in [0, 0.05) is 29.6 Å². The van der Waals surface area contributed by atoms with Crippen LogP contribution < -0.4 is 33.4 Å². The molecule has 2 aromatic heterocycles. The van der Waals surface area contributed by atoms with Crippen LogP contribution in [0.25, 0.3) is 37.8 Å². The number of hydrogen-bond acceptors (Lipinski definition) is 4. The first-order chi connectivity index (χ1) is 15.2. The molecule has 0 saturated carbocycles. The number of thiazole rings is 1. The van der Waals surface area contributed by atoms with Crippen molar-refractivity contribution in [1.29, 1.82) is 0 Å². The van der Waals surface area contributed by atoms with E-state index >= 15 is 0 Å². The van der Waals surface area contributed by atoms with Gasteiger partial charge in [-0.25, -0.2) is 9.55 Å². The predicted octanol–water partition coefficient (Wildman–Crippen LogP) is 3.49. The smallest absolute Gasteiger partial charge is 0.212 e. The molecule has 32 heavy (non-hydrogen) atoms. The Kier molecular flexibility index (Phi) is 5.69. The largest absolute Gasteiger partial charge is 1.00 e. The molecule has 0 fully saturated rings. The van der Waals surface area contributed by atoms with E-state index in [1.54, 1.807) is 11.3 Å². The van der Waals surface area contributed by atoms with E-state index in [-0.39, 0.29) is 24.0 Å². The number of aryl methyl sites for hydroxylation is 1. The fraction of sp³-hybridized carbons (Fsp3) is 0.0769. The molecule has 0 bridgehead atoms. The minimum atomic E-state index is 0. The topological polar surface area (TPSA) is 20.0 Å². The zero-order valence-corrected chi connectivity index (χ0v) is 21.4. The molecule has 0 atom stereocenters. The summed E-state index contributed by atoms with van der Waals surface area (Å²) in [5.74, 6) is 0. The maximum Gasteiger partial charge on any atom is 0.212 e. The Morgan fingerprint density at radius 1 is 0.969 bits per heavy atom. The highest BCUT2D eigenvalue weighted by molar-refractivity contribution is 8.03. The quantitative estimate of drug-likeness (QED) is 0.242. The summed E-state index contributed by atoms with van der Waals surface area (Å²) in [4.78, 5) is 8.39. The summed E-state index contributed by atoms with van der Waals surface area (Å²) in [6.45, 7) is 0. The lowest BCUT2D eigenvalue weighted by atomic mass is 10.1. The van der Waals surface area contributed by atoms with E-state index in [0.29, 0.717) is 0 Å². The molecule has 6 heteroatoms. The average molecular weight is 566 g/mol. The van der Waals surface area contributed by atoms with E-state index in [4.69, 9.17) is 4.98 Å². The first kappa shape index (κ1) is 21.4. The van der Waals surface area contributed by atoms with Crippen LogP contribution in [-0.2, 0) is 7.05 Å². The van der Waals surface area contributed by atoms with Crippen LogP contribution in [0, 0.1) is 0 Å². The van der Waals surface area contributed by atoms with Crippen LogP contribution in [0.4, 0.5) is 5.69 Å². The van der Waals surface area contributed by atoms with Crippen LogP contribution in [0.1, 0.15) is 5.56 Å². The number of fused-ring (bicyclic) bond motifs is 3. The van der Waals surface area contributed by atoms with Gasteiger partial charge in [0.15, 0.2) is 6.20 Å². The first-order valence-corrected chi connectivity index (χ1v) is 11.8. The van der Waals surface area contributed by atoms with Crippen LogP contribution in [0.15, 0.2) is 88.9 Å². The fourth-order valence-corrected chi connectivity index (χ4v) is 6.18. The molecule has 158 valence electrons. The maximum atomic E-state index is 4.84. The second kappa shape index (κ2) is 8.50. The van der Waals surface area contributed by atoms with Gasteiger partial charge in [0.05, 0.1) is 26.3 Å². The molecule has 1 aliphatic heterocycles. The molecule has 3 nitrogen and oxygen atoms in total. The minimum absolute atomic E-state index is 0. The van der Waals surface area contributed by atoms with Crippen molar-refractivity contribution >= 4 is 56.0 Å². The van der Waals surface area contributed by atoms with Crippen LogP contribution in [-0.4, -0.2) is 12.0 Å². The van der Waals surface area contributed by atoms with E-state index in [9.17, 15) is 0 Å². The third-order valence-corrected chi connectivity index (χ3v) is 7.99. The second-order valence-corrected chi connectivity index (χ2v) is 9.80. The molecule has 3 heterocycles. The molecule has 3 aromatic carbocycles. The Balaban J connectivity index is 0.00000216. The number of pyridine rings is 1. The number of aromatic nitrogens is 2. The molecule has 0 spiro atoms. The molecule has 6 rings (SSSR count). The summed E-state index contributed by atoms with van der Waals surface area (Å²) >= 11 is 3.58. The van der Waals surface area contributed by atoms with Crippen molar-refractivity contribution in [1.82, 2.24) is 4.98 Å². The lowest BCUT2D eigenvalue weighted by Crippen LogP contribution is -3.00. The summed E-state index contributed by atoms with van der Waals surface area (Å²) < 4.78 is 3.40. The summed E-state index contributed by atoms with van der Waals surface area (Å²) in [5.41, 5.74) is 5.96. The second-order valence-electron chi connectivity index (χ2n) is 7.71. The molecule has 0 unspecified atom stereocenters. The number of benzene rings is 3. The number of hydrogen-bond donors (Lipinski definition) is 0. The summed E-state index contributed by atoms with van der Waals surface area (Å²) in [6, 6.07) is 25.8. The number of rotatable bonds is 2. The van der Waals surface area contributed by atoms with Crippen molar-refractivity contribution in [2.45, 2.75) is 4.90 Å². The highest BCUT2D eigenvalue weighted by atomic mass is 127. The van der Waals surface area contributed by atoms with E-state index in [2.05, 4.69) is 103 Å². The van der Waals surface area contributed by atoms with Crippen molar-refractivity contribution in [3.8, 4) is 10.6 Å². The highest BCUT2D eigenvalue weighted by Gasteiger charge is 2.23. The van der Waals surface area contributed by atoms with Crippen LogP contribution >= 0.6 is 23.1 Å². The highest BCUT2D eigenvalue weighted by Crippen LogP contribution is 2.47. The van der Waals surface area contributed by atoms with Gasteiger partial charge in [0.25, 0.3) is 0 Å². The summed E-state index contributed by atoms with van der Waals surface area (Å²) in [7, 11) is 4.24. The molecule has 0 N–H and O–H groups in total. The minimum Gasteiger partial charge on any atom is -1.00 e. The number of anilines is 1. The molecule has 1 aliphatic rings.